The van der Waals surface area contributed by atoms with Crippen molar-refractivity contribution in [2.75, 3.05) is 18.2 Å². The van der Waals surface area contributed by atoms with Crippen LogP contribution in [0.5, 0.6) is 0 Å². The van der Waals surface area contributed by atoms with E-state index in [0.717, 1.165) is 22.5 Å². The molecule has 2 aliphatic rings. The molecule has 0 aliphatic carbocycles. The van der Waals surface area contributed by atoms with E-state index in [1.54, 1.807) is 24.4 Å². The molecule has 6 rings (SSSR count). The zero-order valence-electron chi connectivity index (χ0n) is 25.4. The maximum Gasteiger partial charge on any atom is 0.356 e. The Hall–Kier alpha value is -5.60. The van der Waals surface area contributed by atoms with Crippen LogP contribution in [0.25, 0.3) is 6.08 Å². The summed E-state index contributed by atoms with van der Waals surface area (Å²) >= 11 is 2.49. The van der Waals surface area contributed by atoms with Gasteiger partial charge in [0.05, 0.1) is 5.69 Å². The van der Waals surface area contributed by atoms with Gasteiger partial charge < -0.3 is 20.2 Å². The van der Waals surface area contributed by atoms with Crippen LogP contribution in [0.2, 0.25) is 0 Å². The van der Waals surface area contributed by atoms with Crippen molar-refractivity contribution in [1.29, 1.82) is 0 Å². The normalized spacial score (nSPS) is 17.5. The zero-order chi connectivity index (χ0) is 33.5. The van der Waals surface area contributed by atoms with Crippen molar-refractivity contribution in [2.45, 2.75) is 17.5 Å². The molecule has 2 N–H and O–H groups in total. The number of hydrogen-bond acceptors (Lipinski definition) is 11. The van der Waals surface area contributed by atoms with Gasteiger partial charge >= 0.3 is 5.97 Å². The molecule has 1 saturated heterocycles. The summed E-state index contributed by atoms with van der Waals surface area (Å²) in [6.07, 6.45) is 4.93. The Kier molecular flexibility index (Phi) is 10.0. The highest BCUT2D eigenvalue weighted by Gasteiger charge is 2.54. The Morgan fingerprint density at radius 3 is 2.38 bits per heavy atom. The van der Waals surface area contributed by atoms with Crippen LogP contribution in [0.1, 0.15) is 28.6 Å². The molecule has 242 valence electrons. The maximum absolute atomic E-state index is 14.2. The minimum Gasteiger partial charge on any atom is -0.448 e. The number of thioether (sulfide) groups is 1. The van der Waals surface area contributed by atoms with E-state index in [9.17, 15) is 19.2 Å². The fourth-order valence-corrected chi connectivity index (χ4v) is 7.15. The van der Waals surface area contributed by atoms with E-state index in [4.69, 9.17) is 9.57 Å². The second-order valence-electron chi connectivity index (χ2n) is 10.4. The molecule has 4 heterocycles. The number of carbonyl (C=O) groups excluding carboxylic acids is 4. The number of amides is 3. The van der Waals surface area contributed by atoms with E-state index < -0.39 is 35.3 Å². The molecule has 12 nitrogen and oxygen atoms in total. The third-order valence-corrected chi connectivity index (χ3v) is 9.45. The van der Waals surface area contributed by atoms with E-state index >= 15 is 0 Å². The number of ether oxygens (including phenoxy) is 1. The third kappa shape index (κ3) is 6.89. The summed E-state index contributed by atoms with van der Waals surface area (Å²) in [5, 5.41) is 10.1. The molecule has 1 unspecified atom stereocenters. The summed E-state index contributed by atoms with van der Waals surface area (Å²) < 4.78 is 6.20. The summed E-state index contributed by atoms with van der Waals surface area (Å²) in [5.41, 5.74) is 2.85. The fourth-order valence-electron chi connectivity index (χ4n) is 5.17. The number of esters is 1. The molecule has 2 atom stereocenters. The highest BCUT2D eigenvalue weighted by atomic mass is 32.2. The maximum atomic E-state index is 14.2. The van der Waals surface area contributed by atoms with Gasteiger partial charge in [0.1, 0.15) is 29.9 Å². The number of benzene rings is 2. The second kappa shape index (κ2) is 14.9. The molecule has 2 aliphatic heterocycles. The van der Waals surface area contributed by atoms with Crippen LogP contribution < -0.4 is 10.6 Å². The standard InChI is InChI=1S/C34H28N6O6S2/c1-45-39-26(25-19-48-34(37-25)36-20-41)30(42)38-27-31(43)40-28(23(18-47-32(27)40)15-16-24-14-8-9-17-35-24)33(44)46-29(21-10-4-2-5-11-21)22-12-6-3-7-13-22/h2-17,19-20,27,29,32H,18H2,1H3,(H,38,42)(H,36,37,41)/t27?,32-/m1/s1. The number of pyridine rings is 1. The molecule has 3 amide bonds. The smallest absolute Gasteiger partial charge is 0.356 e. The number of allylic oxidation sites excluding steroid dienone is 1. The van der Waals surface area contributed by atoms with Crippen LogP contribution in [0.3, 0.4) is 0 Å². The predicted molar refractivity (Wildman–Crippen MR) is 181 cm³/mol. The van der Waals surface area contributed by atoms with Gasteiger partial charge in [0, 0.05) is 17.3 Å². The van der Waals surface area contributed by atoms with E-state index in [1.807, 2.05) is 72.8 Å². The van der Waals surface area contributed by atoms with Gasteiger partial charge in [-0.3, -0.25) is 24.3 Å². The highest BCUT2D eigenvalue weighted by Crippen LogP contribution is 2.42. The summed E-state index contributed by atoms with van der Waals surface area (Å²) in [7, 11) is 1.28. The van der Waals surface area contributed by atoms with Gasteiger partial charge in [-0.1, -0.05) is 78.0 Å². The van der Waals surface area contributed by atoms with Crippen LogP contribution in [-0.2, 0) is 28.8 Å². The lowest BCUT2D eigenvalue weighted by Crippen LogP contribution is -2.71. The Morgan fingerprint density at radius 1 is 1.02 bits per heavy atom. The third-order valence-electron chi connectivity index (χ3n) is 7.38. The largest absolute Gasteiger partial charge is 0.448 e. The number of oxime groups is 1. The van der Waals surface area contributed by atoms with Crippen molar-refractivity contribution >= 4 is 64.2 Å². The average molecular weight is 681 g/mol. The van der Waals surface area contributed by atoms with Crippen LogP contribution in [0, 0.1) is 0 Å². The Labute approximate surface area is 283 Å². The molecular formula is C34H28N6O6S2. The zero-order valence-corrected chi connectivity index (χ0v) is 27.0. The number of rotatable bonds is 12. The summed E-state index contributed by atoms with van der Waals surface area (Å²) in [4.78, 5) is 66.9. The highest BCUT2D eigenvalue weighted by molar-refractivity contribution is 8.00. The first-order valence-electron chi connectivity index (χ1n) is 14.6. The lowest BCUT2D eigenvalue weighted by molar-refractivity contribution is -0.154. The molecule has 2 aromatic heterocycles. The summed E-state index contributed by atoms with van der Waals surface area (Å²) in [6, 6.07) is 23.2. The molecule has 0 bridgehead atoms. The molecule has 1 fully saturated rings. The fraction of sp³-hybridized carbons (Fsp3) is 0.147. The lowest BCUT2D eigenvalue weighted by Gasteiger charge is -2.49. The first kappa shape index (κ1) is 32.3. The van der Waals surface area contributed by atoms with Crippen molar-refractivity contribution in [3.63, 3.8) is 0 Å². The van der Waals surface area contributed by atoms with Crippen molar-refractivity contribution in [2.24, 2.45) is 5.16 Å². The number of aromatic nitrogens is 2. The minimum absolute atomic E-state index is 0.0909. The number of nitrogens with one attached hydrogen (secondary N) is 2. The minimum atomic E-state index is -0.973. The van der Waals surface area contributed by atoms with Crippen LogP contribution in [0.15, 0.2) is 113 Å². The first-order chi connectivity index (χ1) is 23.5. The van der Waals surface area contributed by atoms with E-state index in [1.165, 1.54) is 29.2 Å². The van der Waals surface area contributed by atoms with Gasteiger partial charge in [0.2, 0.25) is 6.41 Å². The van der Waals surface area contributed by atoms with Crippen LogP contribution in [0.4, 0.5) is 5.13 Å². The Morgan fingerprint density at radius 2 is 1.73 bits per heavy atom. The quantitative estimate of drug-likeness (QED) is 0.0739. The second-order valence-corrected chi connectivity index (χ2v) is 12.3. The summed E-state index contributed by atoms with van der Waals surface area (Å²) in [6.45, 7) is 0. The number of carbonyl (C=O) groups is 4. The van der Waals surface area contributed by atoms with E-state index in [2.05, 4.69) is 25.8 Å². The van der Waals surface area contributed by atoms with E-state index in [-0.39, 0.29) is 22.2 Å². The van der Waals surface area contributed by atoms with Crippen molar-refractivity contribution in [1.82, 2.24) is 20.2 Å². The SMILES string of the molecule is CON=C(C(=O)NC1C(=O)N2C(C(=O)OC(c3ccccc3)c3ccccc3)=C(C=Cc3ccccn3)CS[C@H]12)c1csc(NC=O)n1. The van der Waals surface area contributed by atoms with Crippen molar-refractivity contribution in [3.8, 4) is 0 Å². The molecule has 0 saturated carbocycles. The lowest BCUT2D eigenvalue weighted by atomic mass is 10.00. The molecule has 0 spiro atoms. The van der Waals surface area contributed by atoms with Crippen LogP contribution in [-0.4, -0.2) is 69.1 Å². The van der Waals surface area contributed by atoms with E-state index in [0.29, 0.717) is 23.4 Å². The molecule has 2 aromatic carbocycles. The molecule has 14 heteroatoms. The van der Waals surface area contributed by atoms with Crippen molar-refractivity contribution in [3.05, 3.63) is 130 Å². The molecular weight excluding hydrogens is 653 g/mol. The number of fused-ring (bicyclic) bond motifs is 1. The number of β-lactam (4-membered cyclic amide) rings is 1. The van der Waals surface area contributed by atoms with Crippen molar-refractivity contribution < 1.29 is 28.8 Å². The number of anilines is 1. The Bertz CT molecular complexity index is 1860. The van der Waals surface area contributed by atoms with Gasteiger partial charge in [-0.05, 0) is 34.9 Å². The molecule has 0 radical (unpaired) electrons. The summed E-state index contributed by atoms with van der Waals surface area (Å²) in [5.74, 6) is -1.54. The van der Waals surface area contributed by atoms with Crippen LogP contribution >= 0.6 is 23.1 Å². The average Bonchev–Trinajstić information content (AvgIpc) is 3.59. The first-order valence-corrected chi connectivity index (χ1v) is 16.6. The van der Waals surface area contributed by atoms with Gasteiger partial charge in [-0.2, -0.15) is 0 Å². The number of hydrogen-bond donors (Lipinski definition) is 2. The van der Waals surface area contributed by atoms with Gasteiger partial charge in [-0.25, -0.2) is 9.78 Å². The predicted octanol–water partition coefficient (Wildman–Crippen LogP) is 4.16. The van der Waals surface area contributed by atoms with Gasteiger partial charge in [0.15, 0.2) is 16.9 Å². The molecule has 48 heavy (non-hydrogen) atoms. The number of thiazole rings is 1. The molecule has 4 aromatic rings. The monoisotopic (exact) mass is 680 g/mol. The number of nitrogens with zero attached hydrogens (tertiary/aromatic N) is 4. The van der Waals surface area contributed by atoms with Gasteiger partial charge in [0.25, 0.3) is 11.8 Å². The van der Waals surface area contributed by atoms with Gasteiger partial charge in [-0.15, -0.1) is 23.1 Å². The topological polar surface area (TPSA) is 152 Å². The Balaban J connectivity index is 1.29.